The number of carbonyl (C=O) groups excluding carboxylic acids is 1. The smallest absolute Gasteiger partial charge is 0.310 e. The van der Waals surface area contributed by atoms with E-state index in [1.165, 1.54) is 25.2 Å². The molecule has 1 aromatic rings. The third-order valence-electron chi connectivity index (χ3n) is 2.56. The summed E-state index contributed by atoms with van der Waals surface area (Å²) in [5, 5.41) is 16.5. The van der Waals surface area contributed by atoms with Gasteiger partial charge in [-0.3, -0.25) is 14.9 Å². The number of benzene rings is 1. The van der Waals surface area contributed by atoms with E-state index < -0.39 is 4.92 Å². The van der Waals surface area contributed by atoms with Gasteiger partial charge in [0, 0.05) is 37.3 Å². The average Bonchev–Trinajstić information content (AvgIpc) is 2.42. The first-order valence-corrected chi connectivity index (χ1v) is 6.32. The van der Waals surface area contributed by atoms with Crippen molar-refractivity contribution in [1.29, 1.82) is 0 Å². The van der Waals surface area contributed by atoms with Crippen LogP contribution in [0.25, 0.3) is 0 Å². The van der Waals surface area contributed by atoms with Crippen molar-refractivity contribution in [1.82, 2.24) is 10.6 Å². The molecule has 1 amide bonds. The van der Waals surface area contributed by atoms with Crippen molar-refractivity contribution in [3.05, 3.63) is 33.9 Å². The van der Waals surface area contributed by atoms with Crippen LogP contribution in [0.15, 0.2) is 18.2 Å². The molecule has 0 aliphatic carbocycles. The third-order valence-corrected chi connectivity index (χ3v) is 2.56. The zero-order chi connectivity index (χ0) is 15.1. The predicted molar refractivity (Wildman–Crippen MR) is 75.1 cm³/mol. The maximum absolute atomic E-state index is 11.5. The summed E-state index contributed by atoms with van der Waals surface area (Å²) >= 11 is 0. The first-order valence-electron chi connectivity index (χ1n) is 6.32. The van der Waals surface area contributed by atoms with Gasteiger partial charge in [-0.1, -0.05) is 13.8 Å². The summed E-state index contributed by atoms with van der Waals surface area (Å²) in [5.74, 6) is -0.216. The van der Waals surface area contributed by atoms with Crippen molar-refractivity contribution < 1.29 is 14.5 Å². The monoisotopic (exact) mass is 281 g/mol. The molecule has 7 nitrogen and oxygen atoms in total. The molecule has 0 saturated carbocycles. The fourth-order valence-corrected chi connectivity index (χ4v) is 1.57. The molecule has 0 atom stereocenters. The number of carbonyl (C=O) groups is 1. The Bertz CT molecular complexity index is 489. The molecule has 2 N–H and O–H groups in total. The molecule has 0 spiro atoms. The SMILES string of the molecule is CNC(=O)c1ccc([N+](=O)[O-])c(OCCNC(C)C)c1. The van der Waals surface area contributed by atoms with Crippen molar-refractivity contribution >= 4 is 11.6 Å². The highest BCUT2D eigenvalue weighted by Gasteiger charge is 2.17. The second kappa shape index (κ2) is 7.44. The van der Waals surface area contributed by atoms with Crippen molar-refractivity contribution in [2.24, 2.45) is 0 Å². The van der Waals surface area contributed by atoms with Gasteiger partial charge in [-0.2, -0.15) is 0 Å². The molecule has 110 valence electrons. The molecule has 1 aromatic carbocycles. The topological polar surface area (TPSA) is 93.5 Å². The minimum Gasteiger partial charge on any atom is -0.485 e. The molecule has 0 fully saturated rings. The highest BCUT2D eigenvalue weighted by atomic mass is 16.6. The van der Waals surface area contributed by atoms with Gasteiger partial charge in [0.2, 0.25) is 0 Å². The summed E-state index contributed by atoms with van der Waals surface area (Å²) in [7, 11) is 1.50. The molecular weight excluding hydrogens is 262 g/mol. The number of nitro groups is 1. The predicted octanol–water partition coefficient (Wildman–Crippen LogP) is 1.33. The molecule has 1 rings (SSSR count). The minimum absolute atomic E-state index is 0.0988. The normalized spacial score (nSPS) is 10.4. The molecule has 0 radical (unpaired) electrons. The molecular formula is C13H19N3O4. The lowest BCUT2D eigenvalue weighted by Crippen LogP contribution is -2.27. The fourth-order valence-electron chi connectivity index (χ4n) is 1.57. The van der Waals surface area contributed by atoms with E-state index in [0.29, 0.717) is 18.2 Å². The Labute approximate surface area is 117 Å². The second-order valence-corrected chi connectivity index (χ2v) is 4.48. The number of hydrogen-bond acceptors (Lipinski definition) is 5. The van der Waals surface area contributed by atoms with E-state index in [-0.39, 0.29) is 24.0 Å². The Morgan fingerprint density at radius 3 is 2.70 bits per heavy atom. The number of nitrogens with zero attached hydrogens (tertiary/aromatic N) is 1. The number of ether oxygens (including phenoxy) is 1. The first kappa shape index (κ1) is 15.9. The van der Waals surface area contributed by atoms with Gasteiger partial charge in [0.15, 0.2) is 5.75 Å². The molecule has 0 unspecified atom stereocenters. The zero-order valence-electron chi connectivity index (χ0n) is 11.8. The third kappa shape index (κ3) is 4.51. The Morgan fingerprint density at radius 1 is 1.45 bits per heavy atom. The Kier molecular flexibility index (Phi) is 5.92. The van der Waals surface area contributed by atoms with Crippen LogP contribution < -0.4 is 15.4 Å². The van der Waals surface area contributed by atoms with Gasteiger partial charge < -0.3 is 15.4 Å². The maximum atomic E-state index is 11.5. The van der Waals surface area contributed by atoms with Crippen LogP contribution >= 0.6 is 0 Å². The average molecular weight is 281 g/mol. The number of hydrogen-bond donors (Lipinski definition) is 2. The maximum Gasteiger partial charge on any atom is 0.310 e. The van der Waals surface area contributed by atoms with Gasteiger partial charge in [0.1, 0.15) is 6.61 Å². The molecule has 0 aromatic heterocycles. The van der Waals surface area contributed by atoms with Crippen LogP contribution in [0.5, 0.6) is 5.75 Å². The summed E-state index contributed by atoms with van der Waals surface area (Å²) in [6.45, 7) is 4.85. The van der Waals surface area contributed by atoms with Gasteiger partial charge in [-0.25, -0.2) is 0 Å². The molecule has 0 saturated heterocycles. The van der Waals surface area contributed by atoms with Crippen LogP contribution in [0.4, 0.5) is 5.69 Å². The summed E-state index contributed by atoms with van der Waals surface area (Å²) < 4.78 is 5.40. The number of amides is 1. The number of nitro benzene ring substituents is 1. The van der Waals surface area contributed by atoms with Crippen LogP contribution in [-0.4, -0.2) is 37.1 Å². The van der Waals surface area contributed by atoms with E-state index in [4.69, 9.17) is 4.74 Å². The van der Waals surface area contributed by atoms with Crippen LogP contribution in [0.2, 0.25) is 0 Å². The number of nitrogens with one attached hydrogen (secondary N) is 2. The molecule has 0 bridgehead atoms. The Balaban J connectivity index is 2.83. The van der Waals surface area contributed by atoms with Gasteiger partial charge in [0.25, 0.3) is 5.91 Å². The summed E-state index contributed by atoms with van der Waals surface area (Å²) in [5.41, 5.74) is 0.173. The van der Waals surface area contributed by atoms with E-state index >= 15 is 0 Å². The van der Waals surface area contributed by atoms with Gasteiger partial charge in [0.05, 0.1) is 4.92 Å². The van der Waals surface area contributed by atoms with E-state index in [2.05, 4.69) is 10.6 Å². The van der Waals surface area contributed by atoms with Crippen molar-refractivity contribution in [3.63, 3.8) is 0 Å². The van der Waals surface area contributed by atoms with E-state index in [1.807, 2.05) is 13.8 Å². The summed E-state index contributed by atoms with van der Waals surface area (Å²) in [6.07, 6.45) is 0. The molecule has 7 heteroatoms. The lowest BCUT2D eigenvalue weighted by Gasteiger charge is -2.10. The van der Waals surface area contributed by atoms with Gasteiger partial charge in [-0.15, -0.1) is 0 Å². The lowest BCUT2D eigenvalue weighted by molar-refractivity contribution is -0.385. The van der Waals surface area contributed by atoms with Crippen LogP contribution in [0, 0.1) is 10.1 Å². The summed E-state index contributed by atoms with van der Waals surface area (Å²) in [4.78, 5) is 21.9. The summed E-state index contributed by atoms with van der Waals surface area (Å²) in [6, 6.07) is 4.36. The molecule has 0 heterocycles. The molecule has 0 aliphatic heterocycles. The van der Waals surface area contributed by atoms with Gasteiger partial charge in [-0.05, 0) is 6.07 Å². The highest BCUT2D eigenvalue weighted by Crippen LogP contribution is 2.27. The fraction of sp³-hybridized carbons (Fsp3) is 0.462. The second-order valence-electron chi connectivity index (χ2n) is 4.48. The van der Waals surface area contributed by atoms with Crippen LogP contribution in [0.3, 0.4) is 0 Å². The Hall–Kier alpha value is -2.15. The van der Waals surface area contributed by atoms with Gasteiger partial charge >= 0.3 is 5.69 Å². The largest absolute Gasteiger partial charge is 0.485 e. The first-order chi connectivity index (χ1) is 9.45. The van der Waals surface area contributed by atoms with E-state index in [0.717, 1.165) is 0 Å². The quantitative estimate of drug-likeness (QED) is 0.447. The van der Waals surface area contributed by atoms with E-state index in [1.54, 1.807) is 0 Å². The van der Waals surface area contributed by atoms with Crippen molar-refractivity contribution in [2.45, 2.75) is 19.9 Å². The van der Waals surface area contributed by atoms with Crippen molar-refractivity contribution in [2.75, 3.05) is 20.2 Å². The highest BCUT2D eigenvalue weighted by molar-refractivity contribution is 5.94. The van der Waals surface area contributed by atoms with Crippen LogP contribution in [-0.2, 0) is 0 Å². The number of rotatable bonds is 7. The zero-order valence-corrected chi connectivity index (χ0v) is 11.8. The van der Waals surface area contributed by atoms with Crippen molar-refractivity contribution in [3.8, 4) is 5.75 Å². The van der Waals surface area contributed by atoms with E-state index in [9.17, 15) is 14.9 Å². The minimum atomic E-state index is -0.529. The molecule has 0 aliphatic rings. The Morgan fingerprint density at radius 2 is 2.15 bits per heavy atom. The lowest BCUT2D eigenvalue weighted by atomic mass is 10.2. The standard InChI is InChI=1S/C13H19N3O4/c1-9(2)15-6-7-20-12-8-10(13(17)14-3)4-5-11(12)16(18)19/h4-5,8-9,15H,6-7H2,1-3H3,(H,14,17). The molecule has 20 heavy (non-hydrogen) atoms. The van der Waals surface area contributed by atoms with Crippen LogP contribution in [0.1, 0.15) is 24.2 Å².